The number of hydrogen-bond donors (Lipinski definition) is 3. The van der Waals surface area contributed by atoms with Crippen LogP contribution in [0.4, 0.5) is 0 Å². The number of aliphatic hydroxyl groups is 3. The third kappa shape index (κ3) is 6.97. The zero-order valence-corrected chi connectivity index (χ0v) is 15.2. The number of carbonyl (C=O) groups excluding carboxylic acids is 2. The highest BCUT2D eigenvalue weighted by molar-refractivity contribution is 5.71. The van der Waals surface area contributed by atoms with Crippen LogP contribution in [0.2, 0.25) is 0 Å². The summed E-state index contributed by atoms with van der Waals surface area (Å²) in [6.45, 7) is 6.51. The van der Waals surface area contributed by atoms with E-state index in [1.54, 1.807) is 6.92 Å². The Morgan fingerprint density at radius 3 is 2.50 bits per heavy atom. The molecule has 0 aliphatic carbocycles. The Hall–Kier alpha value is -1.58. The summed E-state index contributed by atoms with van der Waals surface area (Å²) in [6.07, 6.45) is -1.68. The van der Waals surface area contributed by atoms with Gasteiger partial charge in [0.15, 0.2) is 12.4 Å². The summed E-state index contributed by atoms with van der Waals surface area (Å²) < 4.78 is 16.0. The Balaban J connectivity index is 2.54. The van der Waals surface area contributed by atoms with Gasteiger partial charge in [-0.1, -0.05) is 18.2 Å². The lowest BCUT2D eigenvalue weighted by molar-refractivity contribution is -0.303. The molecule has 5 atom stereocenters. The van der Waals surface area contributed by atoms with E-state index in [-0.39, 0.29) is 6.61 Å². The van der Waals surface area contributed by atoms with Gasteiger partial charge in [0.2, 0.25) is 0 Å². The average molecular weight is 372 g/mol. The molecule has 0 amide bonds. The fourth-order valence-corrected chi connectivity index (χ4v) is 2.50. The maximum absolute atomic E-state index is 11.2. The van der Waals surface area contributed by atoms with Crippen LogP contribution in [-0.4, -0.2) is 71.5 Å². The summed E-state index contributed by atoms with van der Waals surface area (Å²) >= 11 is 0. The number of hydrogen-bond acceptors (Lipinski definition) is 8. The molecule has 1 aliphatic heterocycles. The van der Waals surface area contributed by atoms with Gasteiger partial charge in [-0.25, -0.2) is 0 Å². The standard InChI is InChI=1S/C18H28O8/c1-11(5-4-6-12(2)9-19)7-8-24-18-17(25-13(3)21)16(23)15(22)14(10-20)26-18/h6,9,14-18,20,22-23H,1,4-5,7-8,10H2,2-3H3/b12-6+/t14-,15-,16+,17-,18-/m1/s1. The Bertz CT molecular complexity index is 515. The van der Waals surface area contributed by atoms with E-state index < -0.39 is 43.3 Å². The monoisotopic (exact) mass is 372 g/mol. The van der Waals surface area contributed by atoms with Gasteiger partial charge in [0.25, 0.3) is 0 Å². The minimum absolute atomic E-state index is 0.193. The van der Waals surface area contributed by atoms with E-state index in [0.29, 0.717) is 24.8 Å². The van der Waals surface area contributed by atoms with E-state index in [0.717, 1.165) is 11.9 Å². The van der Waals surface area contributed by atoms with Crippen LogP contribution in [0.25, 0.3) is 0 Å². The predicted molar refractivity (Wildman–Crippen MR) is 92.1 cm³/mol. The first-order valence-electron chi connectivity index (χ1n) is 8.50. The number of ether oxygens (including phenoxy) is 3. The zero-order chi connectivity index (χ0) is 19.7. The number of allylic oxidation sites excluding steroid dienone is 2. The van der Waals surface area contributed by atoms with Crippen LogP contribution in [0.3, 0.4) is 0 Å². The first-order valence-corrected chi connectivity index (χ1v) is 8.50. The molecule has 1 heterocycles. The van der Waals surface area contributed by atoms with Crippen molar-refractivity contribution in [3.8, 4) is 0 Å². The van der Waals surface area contributed by atoms with Crippen LogP contribution >= 0.6 is 0 Å². The van der Waals surface area contributed by atoms with Crippen LogP contribution in [-0.2, 0) is 23.8 Å². The van der Waals surface area contributed by atoms with Crippen molar-refractivity contribution in [3.05, 3.63) is 23.8 Å². The predicted octanol–water partition coefficient (Wildman–Crippen LogP) is 0.245. The largest absolute Gasteiger partial charge is 0.454 e. The van der Waals surface area contributed by atoms with Crippen LogP contribution in [0.15, 0.2) is 23.8 Å². The molecule has 1 saturated heterocycles. The first kappa shape index (κ1) is 22.5. The molecule has 0 aromatic heterocycles. The maximum Gasteiger partial charge on any atom is 0.303 e. The molecule has 3 N–H and O–H groups in total. The van der Waals surface area contributed by atoms with Crippen molar-refractivity contribution >= 4 is 12.3 Å². The van der Waals surface area contributed by atoms with Crippen molar-refractivity contribution in [2.24, 2.45) is 0 Å². The molecular formula is C18H28O8. The van der Waals surface area contributed by atoms with Crippen LogP contribution in [0, 0.1) is 0 Å². The molecule has 1 rings (SSSR count). The number of esters is 1. The van der Waals surface area contributed by atoms with Crippen molar-refractivity contribution in [3.63, 3.8) is 0 Å². The lowest BCUT2D eigenvalue weighted by Crippen LogP contribution is -2.60. The summed E-state index contributed by atoms with van der Waals surface area (Å²) in [5.74, 6) is -0.650. The van der Waals surface area contributed by atoms with E-state index in [1.807, 2.05) is 6.08 Å². The molecule has 1 fully saturated rings. The van der Waals surface area contributed by atoms with Gasteiger partial charge in [-0.05, 0) is 31.8 Å². The van der Waals surface area contributed by atoms with Crippen LogP contribution in [0.5, 0.6) is 0 Å². The van der Waals surface area contributed by atoms with E-state index >= 15 is 0 Å². The van der Waals surface area contributed by atoms with E-state index in [9.17, 15) is 24.9 Å². The van der Waals surface area contributed by atoms with E-state index in [2.05, 4.69) is 6.58 Å². The maximum atomic E-state index is 11.2. The normalized spacial score (nSPS) is 29.3. The molecule has 8 heteroatoms. The van der Waals surface area contributed by atoms with Crippen LogP contribution in [0.1, 0.15) is 33.1 Å². The quantitative estimate of drug-likeness (QED) is 0.216. The second kappa shape index (κ2) is 11.2. The Morgan fingerprint density at radius 2 is 1.92 bits per heavy atom. The third-order valence-electron chi connectivity index (χ3n) is 4.01. The van der Waals surface area contributed by atoms with Gasteiger partial charge in [-0.2, -0.15) is 0 Å². The summed E-state index contributed by atoms with van der Waals surface area (Å²) in [4.78, 5) is 21.7. The molecule has 26 heavy (non-hydrogen) atoms. The number of aldehydes is 1. The Morgan fingerprint density at radius 1 is 1.23 bits per heavy atom. The SMILES string of the molecule is C=C(CC/C=C(\C)C=O)CCO[C@@H]1O[C@H](CO)[C@@H](O)[C@H](O)[C@H]1OC(C)=O. The smallest absolute Gasteiger partial charge is 0.303 e. The fourth-order valence-electron chi connectivity index (χ4n) is 2.50. The summed E-state index contributed by atoms with van der Waals surface area (Å²) in [5, 5.41) is 29.2. The molecule has 1 aliphatic rings. The van der Waals surface area contributed by atoms with Gasteiger partial charge in [0, 0.05) is 6.92 Å². The molecule has 0 aromatic carbocycles. The molecule has 148 valence electrons. The zero-order valence-electron chi connectivity index (χ0n) is 15.2. The summed E-state index contributed by atoms with van der Waals surface area (Å²) in [7, 11) is 0. The van der Waals surface area contributed by atoms with Crippen molar-refractivity contribution in [2.45, 2.75) is 63.8 Å². The molecule has 8 nitrogen and oxygen atoms in total. The number of carbonyl (C=O) groups is 2. The molecule has 0 radical (unpaired) electrons. The van der Waals surface area contributed by atoms with Crippen molar-refractivity contribution in [1.29, 1.82) is 0 Å². The van der Waals surface area contributed by atoms with Crippen molar-refractivity contribution in [2.75, 3.05) is 13.2 Å². The van der Waals surface area contributed by atoms with E-state index in [4.69, 9.17) is 14.2 Å². The Kier molecular flexibility index (Phi) is 9.68. The Labute approximate surface area is 153 Å². The van der Waals surface area contributed by atoms with Crippen molar-refractivity contribution < 1.29 is 39.1 Å². The van der Waals surface area contributed by atoms with Gasteiger partial charge in [-0.3, -0.25) is 9.59 Å². The lowest BCUT2D eigenvalue weighted by atomic mass is 9.99. The molecule has 0 bridgehead atoms. The molecule has 0 unspecified atom stereocenters. The highest BCUT2D eigenvalue weighted by Crippen LogP contribution is 2.25. The molecular weight excluding hydrogens is 344 g/mol. The third-order valence-corrected chi connectivity index (χ3v) is 4.01. The molecule has 0 spiro atoms. The lowest BCUT2D eigenvalue weighted by Gasteiger charge is -2.41. The molecule has 0 saturated carbocycles. The highest BCUT2D eigenvalue weighted by Gasteiger charge is 2.46. The topological polar surface area (TPSA) is 123 Å². The van der Waals surface area contributed by atoms with Gasteiger partial charge >= 0.3 is 5.97 Å². The number of rotatable bonds is 10. The van der Waals surface area contributed by atoms with Gasteiger partial charge in [0.1, 0.15) is 24.6 Å². The summed E-state index contributed by atoms with van der Waals surface area (Å²) in [6, 6.07) is 0. The van der Waals surface area contributed by atoms with Gasteiger partial charge in [0.05, 0.1) is 13.2 Å². The highest BCUT2D eigenvalue weighted by atomic mass is 16.7. The average Bonchev–Trinajstić information content (AvgIpc) is 2.60. The first-order chi connectivity index (χ1) is 12.3. The second-order valence-corrected chi connectivity index (χ2v) is 6.26. The van der Waals surface area contributed by atoms with Gasteiger partial charge in [-0.15, -0.1) is 0 Å². The van der Waals surface area contributed by atoms with E-state index in [1.165, 1.54) is 6.92 Å². The molecule has 0 aromatic rings. The minimum Gasteiger partial charge on any atom is -0.454 e. The van der Waals surface area contributed by atoms with Crippen molar-refractivity contribution in [1.82, 2.24) is 0 Å². The second-order valence-electron chi connectivity index (χ2n) is 6.26. The summed E-state index contributed by atoms with van der Waals surface area (Å²) in [5.41, 5.74) is 1.57. The minimum atomic E-state index is -1.44. The fraction of sp³-hybridized carbons (Fsp3) is 0.667. The number of aliphatic hydroxyl groups excluding tert-OH is 3. The van der Waals surface area contributed by atoms with Crippen LogP contribution < -0.4 is 0 Å². The van der Waals surface area contributed by atoms with Gasteiger partial charge < -0.3 is 29.5 Å².